The molecule has 18 heavy (non-hydrogen) atoms. The van der Waals surface area contributed by atoms with E-state index >= 15 is 0 Å². The van der Waals surface area contributed by atoms with E-state index in [0.29, 0.717) is 11.4 Å². The summed E-state index contributed by atoms with van der Waals surface area (Å²) < 4.78 is 2.68. The summed E-state index contributed by atoms with van der Waals surface area (Å²) in [6.07, 6.45) is 1.85. The predicted octanol–water partition coefficient (Wildman–Crippen LogP) is 3.48. The molecule has 0 fully saturated rings. The Hall–Kier alpha value is -1.62. The Morgan fingerprint density at radius 2 is 2.17 bits per heavy atom. The van der Waals surface area contributed by atoms with Gasteiger partial charge in [-0.3, -0.25) is 9.48 Å². The summed E-state index contributed by atoms with van der Waals surface area (Å²) in [4.78, 5) is 12.0. The van der Waals surface area contributed by atoms with Crippen molar-refractivity contribution in [3.63, 3.8) is 0 Å². The van der Waals surface area contributed by atoms with E-state index in [1.54, 1.807) is 22.9 Å². The van der Waals surface area contributed by atoms with E-state index < -0.39 is 0 Å². The van der Waals surface area contributed by atoms with Gasteiger partial charge in [-0.25, -0.2) is 0 Å². The molecule has 0 unspecified atom stereocenters. The fourth-order valence-corrected chi connectivity index (χ4v) is 1.91. The van der Waals surface area contributed by atoms with E-state index in [4.69, 9.17) is 0 Å². The Morgan fingerprint density at radius 3 is 2.78 bits per heavy atom. The van der Waals surface area contributed by atoms with Gasteiger partial charge in [0.05, 0.1) is 0 Å². The van der Waals surface area contributed by atoms with Crippen molar-refractivity contribution in [2.24, 2.45) is 0 Å². The topological polar surface area (TPSA) is 46.9 Å². The molecular weight excluding hydrogens is 294 g/mol. The molecule has 1 aromatic carbocycles. The smallest absolute Gasteiger partial charge is 0.256 e. The van der Waals surface area contributed by atoms with Gasteiger partial charge in [0.15, 0.2) is 5.82 Å². The molecule has 0 aliphatic carbocycles. The lowest BCUT2D eigenvalue weighted by Crippen LogP contribution is -2.13. The van der Waals surface area contributed by atoms with E-state index in [1.165, 1.54) is 0 Å². The number of amides is 1. The maximum atomic E-state index is 12.0. The number of carbonyl (C=O) groups is 1. The average Bonchev–Trinajstić information content (AvgIpc) is 2.77. The Labute approximate surface area is 114 Å². The SMILES string of the molecule is CC(C)n1ccc(NC(=O)c2cccc(Br)c2)n1. The van der Waals surface area contributed by atoms with Crippen molar-refractivity contribution < 1.29 is 4.79 Å². The molecule has 0 aliphatic heterocycles. The first-order valence-electron chi connectivity index (χ1n) is 5.68. The minimum Gasteiger partial charge on any atom is -0.305 e. The third-order valence-electron chi connectivity index (χ3n) is 2.47. The summed E-state index contributed by atoms with van der Waals surface area (Å²) in [7, 11) is 0. The predicted molar refractivity (Wildman–Crippen MR) is 74.7 cm³/mol. The number of nitrogens with zero attached hydrogens (tertiary/aromatic N) is 2. The van der Waals surface area contributed by atoms with Crippen LogP contribution >= 0.6 is 15.9 Å². The normalized spacial score (nSPS) is 10.7. The van der Waals surface area contributed by atoms with E-state index in [2.05, 4.69) is 26.3 Å². The molecule has 0 atom stereocenters. The van der Waals surface area contributed by atoms with Crippen LogP contribution in [0.5, 0.6) is 0 Å². The number of benzene rings is 1. The molecule has 5 heteroatoms. The molecule has 0 radical (unpaired) electrons. The van der Waals surface area contributed by atoms with Crippen LogP contribution in [0.1, 0.15) is 30.2 Å². The molecular formula is C13H14BrN3O. The molecule has 94 valence electrons. The van der Waals surface area contributed by atoms with Crippen LogP contribution in [0, 0.1) is 0 Å². The first-order chi connectivity index (χ1) is 8.56. The second kappa shape index (κ2) is 5.35. The summed E-state index contributed by atoms with van der Waals surface area (Å²) in [5.74, 6) is 0.402. The van der Waals surface area contributed by atoms with Crippen molar-refractivity contribution in [3.8, 4) is 0 Å². The molecule has 1 heterocycles. The van der Waals surface area contributed by atoms with E-state index in [0.717, 1.165) is 4.47 Å². The summed E-state index contributed by atoms with van der Waals surface area (Å²) in [5, 5.41) is 7.04. The molecule has 4 nitrogen and oxygen atoms in total. The number of anilines is 1. The lowest BCUT2D eigenvalue weighted by molar-refractivity contribution is 0.102. The molecule has 1 aromatic heterocycles. The van der Waals surface area contributed by atoms with E-state index in [9.17, 15) is 4.79 Å². The second-order valence-corrected chi connectivity index (χ2v) is 5.15. The largest absolute Gasteiger partial charge is 0.305 e. The van der Waals surface area contributed by atoms with Crippen molar-refractivity contribution in [3.05, 3.63) is 46.6 Å². The number of rotatable bonds is 3. The molecule has 0 saturated heterocycles. The van der Waals surface area contributed by atoms with E-state index in [1.807, 2.05) is 32.2 Å². The van der Waals surface area contributed by atoms with Crippen LogP contribution in [0.4, 0.5) is 5.82 Å². The highest BCUT2D eigenvalue weighted by atomic mass is 79.9. The monoisotopic (exact) mass is 307 g/mol. The van der Waals surface area contributed by atoms with Crippen LogP contribution in [0.3, 0.4) is 0 Å². The second-order valence-electron chi connectivity index (χ2n) is 4.24. The zero-order chi connectivity index (χ0) is 13.1. The lowest BCUT2D eigenvalue weighted by Gasteiger charge is -2.05. The number of nitrogens with one attached hydrogen (secondary N) is 1. The van der Waals surface area contributed by atoms with Crippen LogP contribution in [0.25, 0.3) is 0 Å². The summed E-state index contributed by atoms with van der Waals surface area (Å²) >= 11 is 3.34. The zero-order valence-electron chi connectivity index (χ0n) is 10.2. The van der Waals surface area contributed by atoms with Crippen molar-refractivity contribution in [2.75, 3.05) is 5.32 Å². The van der Waals surface area contributed by atoms with Gasteiger partial charge in [0.2, 0.25) is 0 Å². The van der Waals surface area contributed by atoms with Gasteiger partial charge in [0.25, 0.3) is 5.91 Å². The lowest BCUT2D eigenvalue weighted by atomic mass is 10.2. The Balaban J connectivity index is 2.11. The minimum absolute atomic E-state index is 0.162. The third-order valence-corrected chi connectivity index (χ3v) is 2.96. The van der Waals surface area contributed by atoms with Crippen molar-refractivity contribution in [2.45, 2.75) is 19.9 Å². The highest BCUT2D eigenvalue weighted by molar-refractivity contribution is 9.10. The highest BCUT2D eigenvalue weighted by Crippen LogP contribution is 2.14. The quantitative estimate of drug-likeness (QED) is 0.943. The Bertz CT molecular complexity index is 563. The standard InChI is InChI=1S/C13H14BrN3O/c1-9(2)17-7-6-12(16-17)15-13(18)10-4-3-5-11(14)8-10/h3-9H,1-2H3,(H,15,16,18). The first kappa shape index (κ1) is 12.8. The minimum atomic E-state index is -0.162. The summed E-state index contributed by atoms with van der Waals surface area (Å²) in [5.41, 5.74) is 0.600. The number of halogens is 1. The van der Waals surface area contributed by atoms with Gasteiger partial charge in [-0.2, -0.15) is 5.10 Å². The highest BCUT2D eigenvalue weighted by Gasteiger charge is 2.08. The van der Waals surface area contributed by atoms with Crippen LogP contribution in [0.2, 0.25) is 0 Å². The number of carbonyl (C=O) groups excluding carboxylic acids is 1. The van der Waals surface area contributed by atoms with E-state index in [-0.39, 0.29) is 11.9 Å². The average molecular weight is 308 g/mol. The number of hydrogen-bond acceptors (Lipinski definition) is 2. The van der Waals surface area contributed by atoms with Crippen LogP contribution in [-0.4, -0.2) is 15.7 Å². The molecule has 1 N–H and O–H groups in total. The molecule has 0 bridgehead atoms. The van der Waals surface area contributed by atoms with Crippen LogP contribution < -0.4 is 5.32 Å². The maximum absolute atomic E-state index is 12.0. The maximum Gasteiger partial charge on any atom is 0.256 e. The number of hydrogen-bond donors (Lipinski definition) is 1. The van der Waals surface area contributed by atoms with Crippen molar-refractivity contribution >= 4 is 27.7 Å². The van der Waals surface area contributed by atoms with Gasteiger partial charge in [0, 0.05) is 28.3 Å². The Morgan fingerprint density at radius 1 is 1.39 bits per heavy atom. The molecule has 0 spiro atoms. The van der Waals surface area contributed by atoms with Gasteiger partial charge in [-0.1, -0.05) is 22.0 Å². The molecule has 2 aromatic rings. The fraction of sp³-hybridized carbons (Fsp3) is 0.231. The zero-order valence-corrected chi connectivity index (χ0v) is 11.8. The van der Waals surface area contributed by atoms with Crippen molar-refractivity contribution in [1.29, 1.82) is 0 Å². The fourth-order valence-electron chi connectivity index (χ4n) is 1.51. The summed E-state index contributed by atoms with van der Waals surface area (Å²) in [6.45, 7) is 4.07. The van der Waals surface area contributed by atoms with Gasteiger partial charge in [-0.05, 0) is 32.0 Å². The van der Waals surface area contributed by atoms with Crippen LogP contribution in [0.15, 0.2) is 41.0 Å². The number of aromatic nitrogens is 2. The van der Waals surface area contributed by atoms with Gasteiger partial charge in [-0.15, -0.1) is 0 Å². The molecule has 0 saturated carbocycles. The van der Waals surface area contributed by atoms with Gasteiger partial charge in [0.1, 0.15) is 0 Å². The first-order valence-corrected chi connectivity index (χ1v) is 6.47. The van der Waals surface area contributed by atoms with Crippen LogP contribution in [-0.2, 0) is 0 Å². The van der Waals surface area contributed by atoms with Gasteiger partial charge >= 0.3 is 0 Å². The molecule has 1 amide bonds. The Kier molecular flexibility index (Phi) is 3.81. The third kappa shape index (κ3) is 2.98. The van der Waals surface area contributed by atoms with Gasteiger partial charge < -0.3 is 5.32 Å². The summed E-state index contributed by atoms with van der Waals surface area (Å²) in [6, 6.07) is 9.31. The van der Waals surface area contributed by atoms with Crippen molar-refractivity contribution in [1.82, 2.24) is 9.78 Å². The molecule has 0 aliphatic rings. The molecule has 2 rings (SSSR count).